The number of benzene rings is 1. The van der Waals surface area contributed by atoms with Crippen LogP contribution in [0.2, 0.25) is 0 Å². The lowest BCUT2D eigenvalue weighted by atomic mass is 9.94. The summed E-state index contributed by atoms with van der Waals surface area (Å²) in [5.74, 6) is 0.892. The van der Waals surface area contributed by atoms with Crippen LogP contribution in [0.4, 0.5) is 0 Å². The van der Waals surface area contributed by atoms with E-state index in [1.54, 1.807) is 0 Å². The zero-order chi connectivity index (χ0) is 14.4. The number of nitrogens with one attached hydrogen (secondary N) is 1. The highest BCUT2D eigenvalue weighted by Gasteiger charge is 2.29. The van der Waals surface area contributed by atoms with E-state index >= 15 is 0 Å². The molecule has 1 aromatic carbocycles. The van der Waals surface area contributed by atoms with E-state index in [0.717, 1.165) is 5.75 Å². The van der Waals surface area contributed by atoms with Gasteiger partial charge in [0.2, 0.25) is 0 Å². The van der Waals surface area contributed by atoms with Crippen molar-refractivity contribution in [2.45, 2.75) is 38.3 Å². The van der Waals surface area contributed by atoms with Gasteiger partial charge in [-0.05, 0) is 31.5 Å². The number of hydrogen-bond acceptors (Lipinski definition) is 4. The molecule has 0 radical (unpaired) electrons. The molecule has 1 aliphatic heterocycles. The van der Waals surface area contributed by atoms with Gasteiger partial charge in [-0.15, -0.1) is 0 Å². The average Bonchev–Trinajstić information content (AvgIpc) is 2.46. The third-order valence-electron chi connectivity index (χ3n) is 3.83. The third kappa shape index (κ3) is 4.20. The van der Waals surface area contributed by atoms with Gasteiger partial charge in [-0.3, -0.25) is 0 Å². The molecular weight excluding hydrogens is 254 g/mol. The topological polar surface area (TPSA) is 50.7 Å². The molecule has 0 aliphatic carbocycles. The maximum absolute atomic E-state index is 10.4. The Morgan fingerprint density at radius 3 is 2.85 bits per heavy atom. The van der Waals surface area contributed by atoms with E-state index in [1.165, 1.54) is 5.56 Å². The minimum Gasteiger partial charge on any atom is -0.494 e. The van der Waals surface area contributed by atoms with Crippen molar-refractivity contribution in [2.75, 3.05) is 26.4 Å². The van der Waals surface area contributed by atoms with Crippen molar-refractivity contribution in [3.05, 3.63) is 29.8 Å². The van der Waals surface area contributed by atoms with Gasteiger partial charge in [-0.2, -0.15) is 0 Å². The Balaban J connectivity index is 1.90. The zero-order valence-corrected chi connectivity index (χ0v) is 12.4. The molecule has 4 nitrogen and oxygen atoms in total. The number of aliphatic hydroxyl groups is 1. The third-order valence-corrected chi connectivity index (χ3v) is 3.83. The Morgan fingerprint density at radius 1 is 1.40 bits per heavy atom. The van der Waals surface area contributed by atoms with E-state index in [0.29, 0.717) is 39.2 Å². The quantitative estimate of drug-likeness (QED) is 0.839. The molecule has 0 spiro atoms. The van der Waals surface area contributed by atoms with Crippen molar-refractivity contribution < 1.29 is 14.6 Å². The summed E-state index contributed by atoms with van der Waals surface area (Å²) in [7, 11) is 0. The van der Waals surface area contributed by atoms with Crippen molar-refractivity contribution in [1.29, 1.82) is 0 Å². The van der Waals surface area contributed by atoms with Gasteiger partial charge in [0.05, 0.1) is 12.2 Å². The summed E-state index contributed by atoms with van der Waals surface area (Å²) in [6.45, 7) is 6.64. The molecule has 112 valence electrons. The summed E-state index contributed by atoms with van der Waals surface area (Å²) in [5.41, 5.74) is 0.538. The SMILES string of the molecule is CCOc1cccc(C(C)NCC2(O)CCOCC2)c1. The van der Waals surface area contributed by atoms with Gasteiger partial charge in [0.25, 0.3) is 0 Å². The Kier molecular flexibility index (Phi) is 5.40. The van der Waals surface area contributed by atoms with E-state index in [4.69, 9.17) is 9.47 Å². The molecule has 1 unspecified atom stereocenters. The zero-order valence-electron chi connectivity index (χ0n) is 12.4. The van der Waals surface area contributed by atoms with Gasteiger partial charge in [0.15, 0.2) is 0 Å². The van der Waals surface area contributed by atoms with Gasteiger partial charge < -0.3 is 19.9 Å². The van der Waals surface area contributed by atoms with Gasteiger partial charge in [-0.25, -0.2) is 0 Å². The van der Waals surface area contributed by atoms with Crippen LogP contribution in [-0.4, -0.2) is 37.1 Å². The molecule has 0 amide bonds. The van der Waals surface area contributed by atoms with Gasteiger partial charge >= 0.3 is 0 Å². The largest absolute Gasteiger partial charge is 0.494 e. The minimum atomic E-state index is -0.635. The predicted molar refractivity (Wildman–Crippen MR) is 79.0 cm³/mol. The fraction of sp³-hybridized carbons (Fsp3) is 0.625. The van der Waals surface area contributed by atoms with E-state index in [9.17, 15) is 5.11 Å². The monoisotopic (exact) mass is 279 g/mol. The van der Waals surface area contributed by atoms with Crippen molar-refractivity contribution in [1.82, 2.24) is 5.32 Å². The summed E-state index contributed by atoms with van der Waals surface area (Å²) in [5, 5.41) is 13.9. The molecule has 0 aromatic heterocycles. The maximum Gasteiger partial charge on any atom is 0.119 e. The molecule has 4 heteroatoms. The lowest BCUT2D eigenvalue weighted by Crippen LogP contribution is -2.45. The fourth-order valence-electron chi connectivity index (χ4n) is 2.43. The highest BCUT2D eigenvalue weighted by molar-refractivity contribution is 5.30. The standard InChI is InChI=1S/C16H25NO3/c1-3-20-15-6-4-5-14(11-15)13(2)17-12-16(18)7-9-19-10-8-16/h4-6,11,13,17-18H,3,7-10,12H2,1-2H3. The van der Waals surface area contributed by atoms with Crippen LogP contribution in [0, 0.1) is 0 Å². The summed E-state index contributed by atoms with van der Waals surface area (Å²) in [4.78, 5) is 0. The Labute approximate surface area is 121 Å². The first-order valence-corrected chi connectivity index (χ1v) is 7.39. The van der Waals surface area contributed by atoms with Crippen molar-refractivity contribution in [3.63, 3.8) is 0 Å². The maximum atomic E-state index is 10.4. The summed E-state index contributed by atoms with van der Waals surface area (Å²) >= 11 is 0. The first-order valence-electron chi connectivity index (χ1n) is 7.39. The normalized spacial score (nSPS) is 19.6. The van der Waals surface area contributed by atoms with Crippen molar-refractivity contribution in [3.8, 4) is 5.75 Å². The van der Waals surface area contributed by atoms with E-state index in [1.807, 2.05) is 19.1 Å². The second kappa shape index (κ2) is 7.07. The Morgan fingerprint density at radius 2 is 2.15 bits per heavy atom. The van der Waals surface area contributed by atoms with Crippen LogP contribution < -0.4 is 10.1 Å². The van der Waals surface area contributed by atoms with Gasteiger partial charge in [0.1, 0.15) is 5.75 Å². The van der Waals surface area contributed by atoms with Crippen LogP contribution in [0.5, 0.6) is 5.75 Å². The smallest absolute Gasteiger partial charge is 0.119 e. The molecule has 20 heavy (non-hydrogen) atoms. The van der Waals surface area contributed by atoms with E-state index in [-0.39, 0.29) is 6.04 Å². The molecule has 1 aromatic rings. The first kappa shape index (κ1) is 15.3. The molecule has 0 saturated carbocycles. The van der Waals surface area contributed by atoms with E-state index < -0.39 is 5.60 Å². The average molecular weight is 279 g/mol. The lowest BCUT2D eigenvalue weighted by molar-refractivity contribution is -0.0626. The first-order chi connectivity index (χ1) is 9.63. The van der Waals surface area contributed by atoms with Crippen molar-refractivity contribution in [2.24, 2.45) is 0 Å². The van der Waals surface area contributed by atoms with E-state index in [2.05, 4.69) is 24.4 Å². The van der Waals surface area contributed by atoms with Crippen LogP contribution in [-0.2, 0) is 4.74 Å². The highest BCUT2D eigenvalue weighted by atomic mass is 16.5. The van der Waals surface area contributed by atoms with Crippen LogP contribution in [0.3, 0.4) is 0 Å². The molecule has 1 atom stereocenters. The Hall–Kier alpha value is -1.10. The van der Waals surface area contributed by atoms with Crippen LogP contribution in [0.1, 0.15) is 38.3 Å². The fourth-order valence-corrected chi connectivity index (χ4v) is 2.43. The van der Waals surface area contributed by atoms with Gasteiger partial charge in [-0.1, -0.05) is 12.1 Å². The highest BCUT2D eigenvalue weighted by Crippen LogP contribution is 2.23. The van der Waals surface area contributed by atoms with Gasteiger partial charge in [0, 0.05) is 38.6 Å². The van der Waals surface area contributed by atoms with Crippen molar-refractivity contribution >= 4 is 0 Å². The molecule has 1 saturated heterocycles. The molecule has 1 heterocycles. The second-order valence-electron chi connectivity index (χ2n) is 5.44. The summed E-state index contributed by atoms with van der Waals surface area (Å²) in [6, 6.07) is 8.28. The number of ether oxygens (including phenoxy) is 2. The van der Waals surface area contributed by atoms with Crippen LogP contribution in [0.15, 0.2) is 24.3 Å². The van der Waals surface area contributed by atoms with Crippen LogP contribution >= 0.6 is 0 Å². The summed E-state index contributed by atoms with van der Waals surface area (Å²) in [6.07, 6.45) is 1.40. The molecule has 1 fully saturated rings. The molecule has 1 aliphatic rings. The molecule has 0 bridgehead atoms. The molecule has 2 rings (SSSR count). The minimum absolute atomic E-state index is 0.183. The molecule has 2 N–H and O–H groups in total. The van der Waals surface area contributed by atoms with Crippen LogP contribution in [0.25, 0.3) is 0 Å². The summed E-state index contributed by atoms with van der Waals surface area (Å²) < 4.78 is 10.8. The predicted octanol–water partition coefficient (Wildman–Crippen LogP) is 2.28. The molecular formula is C16H25NO3. The number of hydrogen-bond donors (Lipinski definition) is 2. The second-order valence-corrected chi connectivity index (χ2v) is 5.44. The Bertz CT molecular complexity index is 416. The lowest BCUT2D eigenvalue weighted by Gasteiger charge is -2.33. The number of rotatable bonds is 6.